The standard InChI is InChI=1S/C18H19FN4O/c1-2-23-16(22-15-4-3-10-21-18(15)23)9-11-20-17(24)12-13-5-7-14(19)8-6-13/h3-8,10H,2,9,11-12H2,1H3,(H,20,24). The Kier molecular flexibility index (Phi) is 4.84. The molecule has 0 saturated heterocycles. The minimum atomic E-state index is -0.300. The topological polar surface area (TPSA) is 59.8 Å². The molecule has 3 rings (SSSR count). The molecule has 0 saturated carbocycles. The van der Waals surface area contributed by atoms with E-state index in [-0.39, 0.29) is 18.1 Å². The maximum Gasteiger partial charge on any atom is 0.224 e. The molecule has 1 amide bonds. The Balaban J connectivity index is 1.58. The number of amides is 1. The maximum absolute atomic E-state index is 12.9. The van der Waals surface area contributed by atoms with E-state index in [1.54, 1.807) is 18.3 Å². The summed E-state index contributed by atoms with van der Waals surface area (Å²) in [6, 6.07) is 9.77. The lowest BCUT2D eigenvalue weighted by Gasteiger charge is -2.07. The van der Waals surface area contributed by atoms with Crippen molar-refractivity contribution in [3.63, 3.8) is 0 Å². The fourth-order valence-electron chi connectivity index (χ4n) is 2.69. The van der Waals surface area contributed by atoms with Crippen LogP contribution in [0.5, 0.6) is 0 Å². The molecule has 0 aliphatic rings. The van der Waals surface area contributed by atoms with Gasteiger partial charge in [-0.1, -0.05) is 12.1 Å². The summed E-state index contributed by atoms with van der Waals surface area (Å²) in [5.41, 5.74) is 2.53. The molecule has 24 heavy (non-hydrogen) atoms. The molecule has 0 aliphatic carbocycles. The minimum Gasteiger partial charge on any atom is -0.355 e. The molecule has 0 fully saturated rings. The van der Waals surface area contributed by atoms with Crippen molar-refractivity contribution in [3.05, 3.63) is 59.8 Å². The van der Waals surface area contributed by atoms with Gasteiger partial charge in [0.2, 0.25) is 5.91 Å². The van der Waals surface area contributed by atoms with Gasteiger partial charge in [-0.3, -0.25) is 4.79 Å². The van der Waals surface area contributed by atoms with Gasteiger partial charge in [0.1, 0.15) is 17.2 Å². The van der Waals surface area contributed by atoms with E-state index >= 15 is 0 Å². The van der Waals surface area contributed by atoms with Gasteiger partial charge in [-0.2, -0.15) is 0 Å². The van der Waals surface area contributed by atoms with Crippen LogP contribution in [-0.4, -0.2) is 27.0 Å². The number of carbonyl (C=O) groups is 1. The highest BCUT2D eigenvalue weighted by Crippen LogP contribution is 2.13. The molecule has 124 valence electrons. The second kappa shape index (κ2) is 7.21. The third-order valence-corrected chi connectivity index (χ3v) is 3.85. The van der Waals surface area contributed by atoms with Crippen LogP contribution in [0.25, 0.3) is 11.2 Å². The van der Waals surface area contributed by atoms with Crippen LogP contribution in [0.3, 0.4) is 0 Å². The zero-order valence-electron chi connectivity index (χ0n) is 13.5. The average Bonchev–Trinajstić information content (AvgIpc) is 2.94. The lowest BCUT2D eigenvalue weighted by molar-refractivity contribution is -0.120. The number of benzene rings is 1. The van der Waals surface area contributed by atoms with Crippen LogP contribution in [0.1, 0.15) is 18.3 Å². The Hall–Kier alpha value is -2.76. The molecular formula is C18H19FN4O. The Bertz CT molecular complexity index is 842. The molecule has 0 unspecified atom stereocenters. The summed E-state index contributed by atoms with van der Waals surface area (Å²) in [5, 5.41) is 2.88. The van der Waals surface area contributed by atoms with Crippen molar-refractivity contribution in [2.75, 3.05) is 6.54 Å². The Morgan fingerprint density at radius 2 is 2.04 bits per heavy atom. The predicted octanol–water partition coefficient (Wildman–Crippen LogP) is 2.49. The van der Waals surface area contributed by atoms with Gasteiger partial charge in [0.25, 0.3) is 0 Å². The summed E-state index contributed by atoms with van der Waals surface area (Å²) in [5.74, 6) is 0.526. The fraction of sp³-hybridized carbons (Fsp3) is 0.278. The molecule has 0 radical (unpaired) electrons. The van der Waals surface area contributed by atoms with Crippen molar-refractivity contribution in [2.45, 2.75) is 26.3 Å². The number of hydrogen-bond donors (Lipinski definition) is 1. The van der Waals surface area contributed by atoms with Crippen LogP contribution in [0.2, 0.25) is 0 Å². The largest absolute Gasteiger partial charge is 0.355 e. The maximum atomic E-state index is 12.9. The first-order valence-corrected chi connectivity index (χ1v) is 7.98. The number of rotatable bonds is 6. The number of carbonyl (C=O) groups excluding carboxylic acids is 1. The first-order chi connectivity index (χ1) is 11.7. The second-order valence-electron chi connectivity index (χ2n) is 5.52. The number of nitrogens with one attached hydrogen (secondary N) is 1. The molecule has 0 aliphatic heterocycles. The Morgan fingerprint density at radius 3 is 2.79 bits per heavy atom. The first kappa shape index (κ1) is 16.1. The van der Waals surface area contributed by atoms with Crippen LogP contribution >= 0.6 is 0 Å². The van der Waals surface area contributed by atoms with Gasteiger partial charge >= 0.3 is 0 Å². The molecule has 3 aromatic rings. The minimum absolute atomic E-state index is 0.0844. The van der Waals surface area contributed by atoms with Gasteiger partial charge in [-0.05, 0) is 36.8 Å². The van der Waals surface area contributed by atoms with Crippen LogP contribution in [0.15, 0.2) is 42.6 Å². The van der Waals surface area contributed by atoms with Crippen molar-refractivity contribution < 1.29 is 9.18 Å². The van der Waals surface area contributed by atoms with E-state index in [9.17, 15) is 9.18 Å². The number of nitrogens with zero attached hydrogens (tertiary/aromatic N) is 3. The molecule has 2 heterocycles. The van der Waals surface area contributed by atoms with Crippen molar-refractivity contribution in [2.24, 2.45) is 0 Å². The molecule has 0 atom stereocenters. The second-order valence-corrected chi connectivity index (χ2v) is 5.52. The molecular weight excluding hydrogens is 307 g/mol. The summed E-state index contributed by atoms with van der Waals surface area (Å²) >= 11 is 0. The van der Waals surface area contributed by atoms with E-state index in [0.717, 1.165) is 29.1 Å². The molecule has 0 spiro atoms. The first-order valence-electron chi connectivity index (χ1n) is 7.98. The monoisotopic (exact) mass is 326 g/mol. The molecule has 5 nitrogen and oxygen atoms in total. The summed E-state index contributed by atoms with van der Waals surface area (Å²) in [4.78, 5) is 20.9. The number of hydrogen-bond acceptors (Lipinski definition) is 3. The zero-order chi connectivity index (χ0) is 16.9. The SMILES string of the molecule is CCn1c(CCNC(=O)Cc2ccc(F)cc2)nc2cccnc21. The quantitative estimate of drug-likeness (QED) is 0.757. The zero-order valence-corrected chi connectivity index (χ0v) is 13.5. The van der Waals surface area contributed by atoms with Crippen LogP contribution in [0.4, 0.5) is 4.39 Å². The van der Waals surface area contributed by atoms with Crippen LogP contribution < -0.4 is 5.32 Å². The van der Waals surface area contributed by atoms with Gasteiger partial charge in [0.15, 0.2) is 5.65 Å². The summed E-state index contributed by atoms with van der Waals surface area (Å²) in [7, 11) is 0. The third kappa shape index (κ3) is 3.59. The lowest BCUT2D eigenvalue weighted by atomic mass is 10.1. The molecule has 2 aromatic heterocycles. The van der Waals surface area contributed by atoms with Crippen molar-refractivity contribution in [1.82, 2.24) is 19.9 Å². The highest BCUT2D eigenvalue weighted by Gasteiger charge is 2.10. The van der Waals surface area contributed by atoms with Gasteiger partial charge in [-0.25, -0.2) is 14.4 Å². The van der Waals surface area contributed by atoms with Gasteiger partial charge in [0.05, 0.1) is 6.42 Å². The number of pyridine rings is 1. The van der Waals surface area contributed by atoms with Crippen LogP contribution in [0, 0.1) is 5.82 Å². The van der Waals surface area contributed by atoms with E-state index in [2.05, 4.69) is 19.9 Å². The van der Waals surface area contributed by atoms with Crippen molar-refractivity contribution in [1.29, 1.82) is 0 Å². The van der Waals surface area contributed by atoms with Gasteiger partial charge < -0.3 is 9.88 Å². The number of aryl methyl sites for hydroxylation is 1. The van der Waals surface area contributed by atoms with Gasteiger partial charge in [-0.15, -0.1) is 0 Å². The Morgan fingerprint density at radius 1 is 1.25 bits per heavy atom. The number of fused-ring (bicyclic) bond motifs is 1. The Labute approximate surface area is 139 Å². The van der Waals surface area contributed by atoms with E-state index in [0.29, 0.717) is 13.0 Å². The lowest BCUT2D eigenvalue weighted by Crippen LogP contribution is -2.27. The average molecular weight is 326 g/mol. The highest BCUT2D eigenvalue weighted by molar-refractivity contribution is 5.78. The van der Waals surface area contributed by atoms with Crippen molar-refractivity contribution >= 4 is 17.1 Å². The van der Waals surface area contributed by atoms with E-state index in [1.807, 2.05) is 19.1 Å². The van der Waals surface area contributed by atoms with E-state index in [4.69, 9.17) is 0 Å². The molecule has 1 aromatic carbocycles. The summed E-state index contributed by atoms with van der Waals surface area (Å²) < 4.78 is 14.9. The fourth-order valence-corrected chi connectivity index (χ4v) is 2.69. The smallest absolute Gasteiger partial charge is 0.224 e. The number of aromatic nitrogens is 3. The summed E-state index contributed by atoms with van der Waals surface area (Å²) in [6.45, 7) is 3.34. The number of halogens is 1. The summed E-state index contributed by atoms with van der Waals surface area (Å²) in [6.07, 6.45) is 2.63. The van der Waals surface area contributed by atoms with E-state index < -0.39 is 0 Å². The van der Waals surface area contributed by atoms with Gasteiger partial charge in [0, 0.05) is 25.7 Å². The molecule has 0 bridgehead atoms. The molecule has 6 heteroatoms. The van der Waals surface area contributed by atoms with Crippen molar-refractivity contribution in [3.8, 4) is 0 Å². The third-order valence-electron chi connectivity index (χ3n) is 3.85. The van der Waals surface area contributed by atoms with Crippen LogP contribution in [-0.2, 0) is 24.2 Å². The number of imidazole rings is 1. The predicted molar refractivity (Wildman–Crippen MR) is 90.0 cm³/mol. The highest BCUT2D eigenvalue weighted by atomic mass is 19.1. The normalized spacial score (nSPS) is 10.9. The van der Waals surface area contributed by atoms with E-state index in [1.165, 1.54) is 12.1 Å². The molecule has 1 N–H and O–H groups in total.